The van der Waals surface area contributed by atoms with Crippen molar-refractivity contribution in [3.63, 3.8) is 0 Å². The summed E-state index contributed by atoms with van der Waals surface area (Å²) in [6, 6.07) is 4.18. The highest BCUT2D eigenvalue weighted by atomic mass is 32.2. The Balaban J connectivity index is 2.14. The Kier molecular flexibility index (Phi) is 5.17. The van der Waals surface area contributed by atoms with Crippen molar-refractivity contribution in [3.05, 3.63) is 47.3 Å². The van der Waals surface area contributed by atoms with Gasteiger partial charge < -0.3 is 4.74 Å². The standard InChI is InChI=1S/C16H14F3N5O4S/c1-3-28-13(25)10-5-4-6-11(16(17,18)19)12(10)23-29(26,27)15-21-14-20-8-7-9(2)24(14)22-15/h4-8,23H,3H2,1-2H3. The van der Waals surface area contributed by atoms with Crippen LogP contribution in [0.25, 0.3) is 5.78 Å². The maximum absolute atomic E-state index is 13.4. The van der Waals surface area contributed by atoms with Crippen LogP contribution in [0.5, 0.6) is 0 Å². The van der Waals surface area contributed by atoms with Crippen LogP contribution < -0.4 is 4.72 Å². The molecule has 9 nitrogen and oxygen atoms in total. The van der Waals surface area contributed by atoms with E-state index >= 15 is 0 Å². The van der Waals surface area contributed by atoms with Gasteiger partial charge in [0.15, 0.2) is 0 Å². The van der Waals surface area contributed by atoms with Crippen LogP contribution in [0.3, 0.4) is 0 Å². The minimum absolute atomic E-state index is 0.0555. The van der Waals surface area contributed by atoms with Gasteiger partial charge in [-0.25, -0.2) is 14.3 Å². The molecule has 13 heteroatoms. The Bertz CT molecular complexity index is 1190. The van der Waals surface area contributed by atoms with Gasteiger partial charge in [0.1, 0.15) is 0 Å². The van der Waals surface area contributed by atoms with Crippen molar-refractivity contribution in [2.75, 3.05) is 11.3 Å². The molecule has 0 saturated heterocycles. The maximum atomic E-state index is 13.4. The molecule has 0 fully saturated rings. The summed E-state index contributed by atoms with van der Waals surface area (Å²) in [5.41, 5.74) is -2.41. The molecular weight excluding hydrogens is 415 g/mol. The molecule has 0 saturated carbocycles. The van der Waals surface area contributed by atoms with Crippen molar-refractivity contribution in [1.29, 1.82) is 0 Å². The van der Waals surface area contributed by atoms with Crippen LogP contribution in [0.2, 0.25) is 0 Å². The molecule has 154 valence electrons. The molecule has 0 bridgehead atoms. The number of nitrogens with one attached hydrogen (secondary N) is 1. The molecular formula is C16H14F3N5O4S. The molecule has 0 amide bonds. The van der Waals surface area contributed by atoms with Crippen molar-refractivity contribution in [2.45, 2.75) is 25.2 Å². The van der Waals surface area contributed by atoms with Gasteiger partial charge in [-0.15, -0.1) is 5.10 Å². The second-order valence-corrected chi connectivity index (χ2v) is 7.32. The van der Waals surface area contributed by atoms with E-state index in [2.05, 4.69) is 15.1 Å². The van der Waals surface area contributed by atoms with Crippen molar-refractivity contribution in [2.24, 2.45) is 0 Å². The van der Waals surface area contributed by atoms with Gasteiger partial charge in [-0.2, -0.15) is 26.6 Å². The van der Waals surface area contributed by atoms with E-state index in [9.17, 15) is 26.4 Å². The van der Waals surface area contributed by atoms with Gasteiger partial charge in [0.05, 0.1) is 23.4 Å². The third-order valence-electron chi connectivity index (χ3n) is 3.75. The van der Waals surface area contributed by atoms with Crippen molar-refractivity contribution < 1.29 is 31.1 Å². The third kappa shape index (κ3) is 3.99. The van der Waals surface area contributed by atoms with Crippen molar-refractivity contribution >= 4 is 27.5 Å². The summed E-state index contributed by atoms with van der Waals surface area (Å²) in [5.74, 6) is -1.17. The number of carbonyl (C=O) groups excluding carboxylic acids is 1. The average Bonchev–Trinajstić information content (AvgIpc) is 3.07. The summed E-state index contributed by atoms with van der Waals surface area (Å²) >= 11 is 0. The van der Waals surface area contributed by atoms with E-state index in [1.807, 2.05) is 0 Å². The summed E-state index contributed by atoms with van der Waals surface area (Å²) in [4.78, 5) is 19.7. The lowest BCUT2D eigenvalue weighted by molar-refractivity contribution is -0.136. The summed E-state index contributed by atoms with van der Waals surface area (Å²) < 4.78 is 73.4. The Hall–Kier alpha value is -3.22. The first-order valence-electron chi connectivity index (χ1n) is 8.13. The fourth-order valence-electron chi connectivity index (χ4n) is 2.46. The first kappa shape index (κ1) is 20.5. The van der Waals surface area contributed by atoms with Crippen LogP contribution >= 0.6 is 0 Å². The predicted octanol–water partition coefficient (Wildman–Crippen LogP) is 2.43. The maximum Gasteiger partial charge on any atom is 0.418 e. The van der Waals surface area contributed by atoms with Crippen LogP contribution in [0, 0.1) is 6.92 Å². The molecule has 0 spiro atoms. The number of carbonyl (C=O) groups is 1. The summed E-state index contributed by atoms with van der Waals surface area (Å²) in [7, 11) is -4.69. The molecule has 0 unspecified atom stereocenters. The lowest BCUT2D eigenvalue weighted by atomic mass is 10.1. The zero-order valence-corrected chi connectivity index (χ0v) is 15.9. The quantitative estimate of drug-likeness (QED) is 0.619. The summed E-state index contributed by atoms with van der Waals surface area (Å²) in [6.07, 6.45) is -3.56. The molecule has 0 aliphatic rings. The molecule has 1 aromatic carbocycles. The molecule has 1 N–H and O–H groups in total. The van der Waals surface area contributed by atoms with Crippen molar-refractivity contribution in [1.82, 2.24) is 19.6 Å². The van der Waals surface area contributed by atoms with Gasteiger partial charge in [-0.05, 0) is 32.0 Å². The van der Waals surface area contributed by atoms with Gasteiger partial charge in [0, 0.05) is 11.9 Å². The van der Waals surface area contributed by atoms with E-state index < -0.39 is 44.1 Å². The number of aryl methyl sites for hydroxylation is 1. The largest absolute Gasteiger partial charge is 0.462 e. The first-order chi connectivity index (χ1) is 13.5. The van der Waals surface area contributed by atoms with E-state index in [1.54, 1.807) is 17.7 Å². The van der Waals surface area contributed by atoms with E-state index in [-0.39, 0.29) is 12.4 Å². The Morgan fingerprint density at radius 1 is 1.28 bits per heavy atom. The normalized spacial score (nSPS) is 12.2. The van der Waals surface area contributed by atoms with Gasteiger partial charge in [-0.1, -0.05) is 6.07 Å². The number of hydrogen-bond acceptors (Lipinski definition) is 7. The molecule has 2 heterocycles. The number of para-hydroxylation sites is 1. The van der Waals surface area contributed by atoms with Gasteiger partial charge in [-0.3, -0.25) is 4.72 Å². The number of alkyl halides is 3. The number of fused-ring (bicyclic) bond motifs is 1. The van der Waals surface area contributed by atoms with E-state index in [0.717, 1.165) is 16.6 Å². The molecule has 3 aromatic rings. The Morgan fingerprint density at radius 2 is 2.00 bits per heavy atom. The number of esters is 1. The van der Waals surface area contributed by atoms with Crippen LogP contribution in [-0.2, 0) is 20.9 Å². The van der Waals surface area contributed by atoms with Gasteiger partial charge in [0.25, 0.3) is 21.0 Å². The van der Waals surface area contributed by atoms with Crippen LogP contribution in [-0.4, -0.2) is 40.6 Å². The zero-order valence-electron chi connectivity index (χ0n) is 15.1. The average molecular weight is 429 g/mol. The second kappa shape index (κ2) is 7.31. The second-order valence-electron chi connectivity index (χ2n) is 5.74. The lowest BCUT2D eigenvalue weighted by Crippen LogP contribution is -2.21. The highest BCUT2D eigenvalue weighted by Gasteiger charge is 2.37. The molecule has 0 aliphatic heterocycles. The molecule has 3 rings (SSSR count). The SMILES string of the molecule is CCOC(=O)c1cccc(C(F)(F)F)c1NS(=O)(=O)c1nc2nccc(C)n2n1. The number of sulfonamides is 1. The van der Waals surface area contributed by atoms with Gasteiger partial charge >= 0.3 is 12.1 Å². The van der Waals surface area contributed by atoms with Crippen LogP contribution in [0.15, 0.2) is 35.6 Å². The summed E-state index contributed by atoms with van der Waals surface area (Å²) in [5, 5.41) is 2.98. The number of nitrogens with zero attached hydrogens (tertiary/aromatic N) is 4. The smallest absolute Gasteiger partial charge is 0.418 e. The molecule has 0 atom stereocenters. The molecule has 0 aliphatic carbocycles. The fraction of sp³-hybridized carbons (Fsp3) is 0.250. The Morgan fingerprint density at radius 3 is 2.62 bits per heavy atom. The highest BCUT2D eigenvalue weighted by molar-refractivity contribution is 7.92. The zero-order chi connectivity index (χ0) is 21.4. The lowest BCUT2D eigenvalue weighted by Gasteiger charge is -2.16. The number of halogens is 3. The molecule has 2 aromatic heterocycles. The number of benzene rings is 1. The van der Waals surface area contributed by atoms with Crippen LogP contribution in [0.1, 0.15) is 28.5 Å². The van der Waals surface area contributed by atoms with Crippen LogP contribution in [0.4, 0.5) is 18.9 Å². The van der Waals surface area contributed by atoms with Crippen molar-refractivity contribution in [3.8, 4) is 0 Å². The fourth-order valence-corrected chi connectivity index (χ4v) is 3.43. The third-order valence-corrected chi connectivity index (χ3v) is 4.88. The molecule has 0 radical (unpaired) electrons. The topological polar surface area (TPSA) is 116 Å². The minimum atomic E-state index is -4.94. The number of anilines is 1. The summed E-state index contributed by atoms with van der Waals surface area (Å²) in [6.45, 7) is 2.97. The van der Waals surface area contributed by atoms with Gasteiger partial charge in [0.2, 0.25) is 0 Å². The van der Waals surface area contributed by atoms with E-state index in [0.29, 0.717) is 11.8 Å². The number of hydrogen-bond donors (Lipinski definition) is 1. The number of rotatable bonds is 5. The molecule has 29 heavy (non-hydrogen) atoms. The minimum Gasteiger partial charge on any atom is -0.462 e. The Labute approximate surface area is 162 Å². The predicted molar refractivity (Wildman–Crippen MR) is 93.7 cm³/mol. The van der Waals surface area contributed by atoms with E-state index in [4.69, 9.17) is 4.74 Å². The number of aromatic nitrogens is 4. The number of ether oxygens (including phenoxy) is 1. The monoisotopic (exact) mass is 429 g/mol. The highest BCUT2D eigenvalue weighted by Crippen LogP contribution is 2.37. The first-order valence-corrected chi connectivity index (χ1v) is 9.61. The van der Waals surface area contributed by atoms with E-state index in [1.165, 1.54) is 13.1 Å².